The van der Waals surface area contributed by atoms with Crippen molar-refractivity contribution in [1.82, 2.24) is 4.90 Å². The van der Waals surface area contributed by atoms with E-state index in [2.05, 4.69) is 69.6 Å². The number of anilines is 1. The Morgan fingerprint density at radius 1 is 1.04 bits per heavy atom. The monoisotopic (exact) mass is 364 g/mol. The molecule has 2 aromatic rings. The van der Waals surface area contributed by atoms with E-state index in [1.165, 1.54) is 11.3 Å². The fraction of sp³-hybridized carbons (Fsp3) is 0.333. The summed E-state index contributed by atoms with van der Waals surface area (Å²) >= 11 is 0. The maximum atomic E-state index is 11.2. The number of hydrogen-bond donors (Lipinski definition) is 1. The SMILES string of the molecule is NC(=O)C1=NOC(c2ccc(N3CCN(Cc4ccccc4)CC3)cc2)C1. The van der Waals surface area contributed by atoms with Crippen LogP contribution < -0.4 is 10.6 Å². The van der Waals surface area contributed by atoms with E-state index in [1.807, 2.05) is 0 Å². The van der Waals surface area contributed by atoms with Crippen molar-refractivity contribution in [1.29, 1.82) is 0 Å². The Bertz CT molecular complexity index is 812. The van der Waals surface area contributed by atoms with Crippen molar-refractivity contribution < 1.29 is 9.63 Å². The molecule has 6 heteroatoms. The summed E-state index contributed by atoms with van der Waals surface area (Å²) in [6.07, 6.45) is 0.219. The topological polar surface area (TPSA) is 71.2 Å². The normalized spacial score (nSPS) is 20.2. The molecule has 0 spiro atoms. The zero-order valence-electron chi connectivity index (χ0n) is 15.3. The minimum atomic E-state index is -0.512. The van der Waals surface area contributed by atoms with Gasteiger partial charge in [0.1, 0.15) is 5.71 Å². The molecule has 1 atom stereocenters. The summed E-state index contributed by atoms with van der Waals surface area (Å²) < 4.78 is 0. The van der Waals surface area contributed by atoms with Crippen LogP contribution in [0.4, 0.5) is 5.69 Å². The molecular formula is C21H24N4O2. The highest BCUT2D eigenvalue weighted by Gasteiger charge is 2.26. The van der Waals surface area contributed by atoms with Crippen molar-refractivity contribution in [3.05, 3.63) is 65.7 Å². The summed E-state index contributed by atoms with van der Waals surface area (Å²) in [6.45, 7) is 5.15. The molecular weight excluding hydrogens is 340 g/mol. The molecule has 140 valence electrons. The van der Waals surface area contributed by atoms with Gasteiger partial charge in [0.05, 0.1) is 0 Å². The van der Waals surface area contributed by atoms with Crippen LogP contribution in [0.15, 0.2) is 59.8 Å². The van der Waals surface area contributed by atoms with Crippen molar-refractivity contribution in [3.63, 3.8) is 0 Å². The second kappa shape index (κ2) is 7.80. The number of carbonyl (C=O) groups excluding carboxylic acids is 1. The van der Waals surface area contributed by atoms with Gasteiger partial charge in [-0.25, -0.2) is 0 Å². The van der Waals surface area contributed by atoms with Gasteiger partial charge in [-0.15, -0.1) is 0 Å². The molecule has 2 N–H and O–H groups in total. The standard InChI is InChI=1S/C21H24N4O2/c22-21(26)19-14-20(27-23-19)17-6-8-18(9-7-17)25-12-10-24(11-13-25)15-16-4-2-1-3-5-16/h1-9,20H,10-15H2,(H2,22,26). The molecule has 1 unspecified atom stereocenters. The number of carbonyl (C=O) groups is 1. The highest BCUT2D eigenvalue weighted by molar-refractivity contribution is 6.38. The Kier molecular flexibility index (Phi) is 5.07. The summed E-state index contributed by atoms with van der Waals surface area (Å²) in [5.41, 5.74) is 9.16. The molecule has 1 saturated heterocycles. The predicted octanol–water partition coefficient (Wildman–Crippen LogP) is 2.31. The lowest BCUT2D eigenvalue weighted by atomic mass is 10.0. The number of amides is 1. The minimum Gasteiger partial charge on any atom is -0.387 e. The first-order valence-electron chi connectivity index (χ1n) is 9.33. The van der Waals surface area contributed by atoms with Crippen LogP contribution in [0.1, 0.15) is 23.7 Å². The zero-order chi connectivity index (χ0) is 18.6. The number of hydrogen-bond acceptors (Lipinski definition) is 5. The Morgan fingerprint density at radius 2 is 1.74 bits per heavy atom. The summed E-state index contributed by atoms with van der Waals surface area (Å²) in [6, 6.07) is 19.0. The molecule has 2 aromatic carbocycles. The third kappa shape index (κ3) is 4.11. The van der Waals surface area contributed by atoms with E-state index in [1.54, 1.807) is 0 Å². The van der Waals surface area contributed by atoms with Crippen molar-refractivity contribution in [3.8, 4) is 0 Å². The zero-order valence-corrected chi connectivity index (χ0v) is 15.3. The molecule has 2 aliphatic rings. The van der Waals surface area contributed by atoms with Crippen LogP contribution in [0.2, 0.25) is 0 Å². The van der Waals surface area contributed by atoms with Gasteiger partial charge in [0.25, 0.3) is 5.91 Å². The largest absolute Gasteiger partial charge is 0.387 e. The first kappa shape index (κ1) is 17.5. The molecule has 0 saturated carbocycles. The van der Waals surface area contributed by atoms with Crippen molar-refractivity contribution >= 4 is 17.3 Å². The molecule has 1 fully saturated rings. The molecule has 0 aliphatic carbocycles. The summed E-state index contributed by atoms with van der Waals surface area (Å²) in [5.74, 6) is -0.512. The van der Waals surface area contributed by atoms with Crippen LogP contribution in [0, 0.1) is 0 Å². The van der Waals surface area contributed by atoms with Crippen LogP contribution in [-0.4, -0.2) is 42.7 Å². The molecule has 27 heavy (non-hydrogen) atoms. The van der Waals surface area contributed by atoms with Crippen LogP contribution in [0.5, 0.6) is 0 Å². The van der Waals surface area contributed by atoms with Gasteiger partial charge in [-0.1, -0.05) is 47.6 Å². The molecule has 6 nitrogen and oxygen atoms in total. The first-order valence-corrected chi connectivity index (χ1v) is 9.33. The summed E-state index contributed by atoms with van der Waals surface area (Å²) in [5, 5.41) is 3.77. The van der Waals surface area contributed by atoms with E-state index in [0.29, 0.717) is 12.1 Å². The maximum absolute atomic E-state index is 11.2. The molecule has 2 aliphatic heterocycles. The summed E-state index contributed by atoms with van der Waals surface area (Å²) in [4.78, 5) is 21.4. The van der Waals surface area contributed by atoms with Crippen LogP contribution in [0.25, 0.3) is 0 Å². The fourth-order valence-corrected chi connectivity index (χ4v) is 3.61. The van der Waals surface area contributed by atoms with E-state index < -0.39 is 5.91 Å². The predicted molar refractivity (Wildman–Crippen MR) is 105 cm³/mol. The molecule has 4 rings (SSSR count). The molecule has 2 heterocycles. The van der Waals surface area contributed by atoms with Gasteiger partial charge >= 0.3 is 0 Å². The lowest BCUT2D eigenvalue weighted by Crippen LogP contribution is -2.45. The van der Waals surface area contributed by atoms with Gasteiger partial charge in [0.2, 0.25) is 0 Å². The van der Waals surface area contributed by atoms with Gasteiger partial charge in [-0.05, 0) is 23.3 Å². The van der Waals surface area contributed by atoms with Crippen LogP contribution >= 0.6 is 0 Å². The van der Waals surface area contributed by atoms with Gasteiger partial charge in [0, 0.05) is 44.8 Å². The average Bonchev–Trinajstić information content (AvgIpc) is 3.20. The van der Waals surface area contributed by atoms with E-state index in [-0.39, 0.29) is 6.10 Å². The maximum Gasteiger partial charge on any atom is 0.266 e. The van der Waals surface area contributed by atoms with E-state index in [0.717, 1.165) is 38.3 Å². The fourth-order valence-electron chi connectivity index (χ4n) is 3.61. The van der Waals surface area contributed by atoms with Gasteiger partial charge in [-0.2, -0.15) is 0 Å². The van der Waals surface area contributed by atoms with Crippen molar-refractivity contribution in [2.75, 3.05) is 31.1 Å². The smallest absolute Gasteiger partial charge is 0.266 e. The second-order valence-corrected chi connectivity index (χ2v) is 7.04. The number of rotatable bonds is 5. The quantitative estimate of drug-likeness (QED) is 0.884. The third-order valence-corrected chi connectivity index (χ3v) is 5.20. The lowest BCUT2D eigenvalue weighted by Gasteiger charge is -2.36. The molecule has 0 aromatic heterocycles. The number of oxime groups is 1. The number of nitrogens with two attached hydrogens (primary N) is 1. The highest BCUT2D eigenvalue weighted by atomic mass is 16.6. The van der Waals surface area contributed by atoms with E-state index in [9.17, 15) is 4.79 Å². The van der Waals surface area contributed by atoms with Gasteiger partial charge < -0.3 is 15.5 Å². The Labute approximate surface area is 159 Å². The highest BCUT2D eigenvalue weighted by Crippen LogP contribution is 2.29. The van der Waals surface area contributed by atoms with Crippen molar-refractivity contribution in [2.45, 2.75) is 19.1 Å². The Morgan fingerprint density at radius 3 is 2.37 bits per heavy atom. The number of nitrogens with zero attached hydrogens (tertiary/aromatic N) is 3. The van der Waals surface area contributed by atoms with E-state index >= 15 is 0 Å². The molecule has 1 amide bonds. The number of primary amides is 1. The third-order valence-electron chi connectivity index (χ3n) is 5.20. The summed E-state index contributed by atoms with van der Waals surface area (Å²) in [7, 11) is 0. The van der Waals surface area contributed by atoms with Crippen LogP contribution in [-0.2, 0) is 16.2 Å². The first-order chi connectivity index (χ1) is 13.2. The average molecular weight is 364 g/mol. The van der Waals surface area contributed by atoms with E-state index in [4.69, 9.17) is 10.6 Å². The molecule has 0 bridgehead atoms. The minimum absolute atomic E-state index is 0.218. The number of piperazine rings is 1. The van der Waals surface area contributed by atoms with Gasteiger partial charge in [-0.3, -0.25) is 9.69 Å². The van der Waals surface area contributed by atoms with Gasteiger partial charge in [0.15, 0.2) is 6.10 Å². The second-order valence-electron chi connectivity index (χ2n) is 7.04. The van der Waals surface area contributed by atoms with Crippen LogP contribution in [0.3, 0.4) is 0 Å². The molecule has 0 radical (unpaired) electrons. The number of benzene rings is 2. The lowest BCUT2D eigenvalue weighted by molar-refractivity contribution is -0.112. The Hall–Kier alpha value is -2.86. The van der Waals surface area contributed by atoms with Crippen molar-refractivity contribution in [2.24, 2.45) is 10.9 Å². The Balaban J connectivity index is 1.31.